The number of thiophene rings is 1. The van der Waals surface area contributed by atoms with Crippen LogP contribution in [0.15, 0.2) is 0 Å². The summed E-state index contributed by atoms with van der Waals surface area (Å²) in [5.41, 5.74) is 1.51. The van der Waals surface area contributed by atoms with E-state index in [1.54, 1.807) is 0 Å². The third-order valence-corrected chi connectivity index (χ3v) is 4.82. The highest BCUT2D eigenvalue weighted by Crippen LogP contribution is 2.39. The summed E-state index contributed by atoms with van der Waals surface area (Å²) in [5, 5.41) is 14.6. The molecule has 22 heavy (non-hydrogen) atoms. The number of hydrogen-bond donors (Lipinski definition) is 3. The molecule has 0 aromatic carbocycles. The lowest BCUT2D eigenvalue weighted by atomic mass is 9.88. The van der Waals surface area contributed by atoms with E-state index in [2.05, 4.69) is 17.6 Å². The molecule has 2 rings (SSSR count). The van der Waals surface area contributed by atoms with Gasteiger partial charge in [0, 0.05) is 18.3 Å². The first-order chi connectivity index (χ1) is 10.4. The van der Waals surface area contributed by atoms with E-state index in [-0.39, 0.29) is 24.8 Å². The van der Waals surface area contributed by atoms with Crippen molar-refractivity contribution in [3.05, 3.63) is 16.0 Å². The minimum absolute atomic E-state index is 0.0781. The van der Waals surface area contributed by atoms with E-state index in [0.717, 1.165) is 29.7 Å². The van der Waals surface area contributed by atoms with Crippen LogP contribution in [0.1, 0.15) is 47.5 Å². The van der Waals surface area contributed by atoms with Gasteiger partial charge in [-0.15, -0.1) is 11.3 Å². The summed E-state index contributed by atoms with van der Waals surface area (Å²) in [4.78, 5) is 35.4. The number of nitrogens with one attached hydrogen (secondary N) is 2. The molecule has 7 heteroatoms. The van der Waals surface area contributed by atoms with E-state index in [9.17, 15) is 14.4 Å². The molecule has 2 amide bonds. The van der Waals surface area contributed by atoms with E-state index < -0.39 is 5.97 Å². The van der Waals surface area contributed by atoms with Gasteiger partial charge in [-0.1, -0.05) is 6.92 Å². The van der Waals surface area contributed by atoms with Crippen LogP contribution in [0, 0.1) is 5.92 Å². The van der Waals surface area contributed by atoms with Crippen molar-refractivity contribution in [3.8, 4) is 0 Å². The van der Waals surface area contributed by atoms with E-state index in [0.29, 0.717) is 16.5 Å². The average Bonchev–Trinajstić information content (AvgIpc) is 2.74. The number of fused-ring (bicyclic) bond motifs is 1. The van der Waals surface area contributed by atoms with Gasteiger partial charge in [-0.2, -0.15) is 0 Å². The number of carboxylic acid groups (broad SMARTS) is 1. The maximum Gasteiger partial charge on any atom is 0.305 e. The van der Waals surface area contributed by atoms with Crippen LogP contribution >= 0.6 is 11.3 Å². The molecule has 1 heterocycles. The van der Waals surface area contributed by atoms with Crippen molar-refractivity contribution >= 4 is 34.1 Å². The summed E-state index contributed by atoms with van der Waals surface area (Å²) in [6.07, 6.45) is 2.62. The molecule has 1 unspecified atom stereocenters. The fourth-order valence-corrected chi connectivity index (χ4v) is 4.06. The molecule has 0 radical (unpaired) electrons. The van der Waals surface area contributed by atoms with Crippen LogP contribution in [-0.2, 0) is 22.4 Å². The van der Waals surface area contributed by atoms with Gasteiger partial charge in [0.15, 0.2) is 0 Å². The Morgan fingerprint density at radius 2 is 2.09 bits per heavy atom. The second-order valence-corrected chi connectivity index (χ2v) is 6.74. The Hall–Kier alpha value is -1.89. The minimum Gasteiger partial charge on any atom is -0.481 e. The molecule has 1 aliphatic carbocycles. The van der Waals surface area contributed by atoms with Gasteiger partial charge in [0.05, 0.1) is 12.0 Å². The van der Waals surface area contributed by atoms with Crippen LogP contribution in [-0.4, -0.2) is 29.4 Å². The van der Waals surface area contributed by atoms with Crippen LogP contribution in [0.3, 0.4) is 0 Å². The minimum atomic E-state index is -0.955. The lowest BCUT2D eigenvalue weighted by Crippen LogP contribution is -2.28. The highest BCUT2D eigenvalue weighted by atomic mass is 32.1. The maximum atomic E-state index is 12.4. The molecule has 120 valence electrons. The molecule has 0 fully saturated rings. The molecule has 1 aromatic heterocycles. The first-order valence-electron chi connectivity index (χ1n) is 7.30. The summed E-state index contributed by atoms with van der Waals surface area (Å²) in [7, 11) is 0. The van der Waals surface area contributed by atoms with Gasteiger partial charge in [0.2, 0.25) is 5.91 Å². The molecule has 0 aliphatic heterocycles. The smallest absolute Gasteiger partial charge is 0.305 e. The Balaban J connectivity index is 2.25. The van der Waals surface area contributed by atoms with Gasteiger partial charge in [-0.25, -0.2) is 0 Å². The number of amides is 2. The molecule has 0 spiro atoms. The van der Waals surface area contributed by atoms with E-state index in [4.69, 9.17) is 5.11 Å². The Morgan fingerprint density at radius 1 is 1.36 bits per heavy atom. The highest BCUT2D eigenvalue weighted by Gasteiger charge is 2.27. The van der Waals surface area contributed by atoms with Gasteiger partial charge < -0.3 is 15.7 Å². The molecule has 0 saturated heterocycles. The molecule has 6 nitrogen and oxygen atoms in total. The number of carboxylic acids is 1. The Kier molecular flexibility index (Phi) is 5.18. The van der Waals surface area contributed by atoms with Crippen molar-refractivity contribution in [1.29, 1.82) is 0 Å². The first-order valence-corrected chi connectivity index (χ1v) is 8.12. The van der Waals surface area contributed by atoms with Crippen LogP contribution in [0.4, 0.5) is 5.00 Å². The molecule has 0 saturated carbocycles. The van der Waals surface area contributed by atoms with Gasteiger partial charge in [-0.3, -0.25) is 14.4 Å². The van der Waals surface area contributed by atoms with Crippen LogP contribution in [0.2, 0.25) is 0 Å². The standard InChI is InChI=1S/C15H20N2O4S/c1-8-3-4-10-11(7-8)22-15(17-9(2)18)13(10)14(21)16-6-5-12(19)20/h8H,3-7H2,1-2H3,(H,16,21)(H,17,18)(H,19,20). The second kappa shape index (κ2) is 6.91. The largest absolute Gasteiger partial charge is 0.481 e. The van der Waals surface area contributed by atoms with Crippen molar-refractivity contribution in [2.45, 2.75) is 39.5 Å². The summed E-state index contributed by atoms with van der Waals surface area (Å²) >= 11 is 1.45. The fourth-order valence-electron chi connectivity index (χ4n) is 2.61. The van der Waals surface area contributed by atoms with Gasteiger partial charge in [0.25, 0.3) is 5.91 Å². The number of anilines is 1. The summed E-state index contributed by atoms with van der Waals surface area (Å²) in [5.74, 6) is -0.911. The lowest BCUT2D eigenvalue weighted by Gasteiger charge is -2.18. The second-order valence-electron chi connectivity index (χ2n) is 5.64. The van der Waals surface area contributed by atoms with E-state index in [1.165, 1.54) is 18.3 Å². The number of carbonyl (C=O) groups excluding carboxylic acids is 2. The van der Waals surface area contributed by atoms with E-state index >= 15 is 0 Å². The Morgan fingerprint density at radius 3 is 2.73 bits per heavy atom. The quantitative estimate of drug-likeness (QED) is 0.772. The highest BCUT2D eigenvalue weighted by molar-refractivity contribution is 7.17. The zero-order valence-corrected chi connectivity index (χ0v) is 13.5. The van der Waals surface area contributed by atoms with Crippen molar-refractivity contribution in [2.24, 2.45) is 5.92 Å². The molecule has 1 atom stereocenters. The van der Waals surface area contributed by atoms with Crippen molar-refractivity contribution in [1.82, 2.24) is 5.32 Å². The number of carbonyl (C=O) groups is 3. The predicted molar refractivity (Wildman–Crippen MR) is 84.4 cm³/mol. The van der Waals surface area contributed by atoms with Crippen LogP contribution in [0.25, 0.3) is 0 Å². The number of hydrogen-bond acceptors (Lipinski definition) is 4. The molecular formula is C15H20N2O4S. The zero-order chi connectivity index (χ0) is 16.3. The van der Waals surface area contributed by atoms with Crippen molar-refractivity contribution in [2.75, 3.05) is 11.9 Å². The Bertz CT molecular complexity index is 609. The first kappa shape index (κ1) is 16.5. The van der Waals surface area contributed by atoms with Gasteiger partial charge in [-0.05, 0) is 30.7 Å². The Labute approximate surface area is 132 Å². The van der Waals surface area contributed by atoms with Crippen molar-refractivity contribution in [3.63, 3.8) is 0 Å². The van der Waals surface area contributed by atoms with Gasteiger partial charge >= 0.3 is 5.97 Å². The van der Waals surface area contributed by atoms with Gasteiger partial charge in [0.1, 0.15) is 5.00 Å². The average molecular weight is 324 g/mol. The lowest BCUT2D eigenvalue weighted by molar-refractivity contribution is -0.136. The van der Waals surface area contributed by atoms with Crippen LogP contribution in [0.5, 0.6) is 0 Å². The topological polar surface area (TPSA) is 95.5 Å². The summed E-state index contributed by atoms with van der Waals surface area (Å²) in [6.45, 7) is 3.66. The molecular weight excluding hydrogens is 304 g/mol. The maximum absolute atomic E-state index is 12.4. The van der Waals surface area contributed by atoms with Crippen molar-refractivity contribution < 1.29 is 19.5 Å². The fraction of sp³-hybridized carbons (Fsp3) is 0.533. The predicted octanol–water partition coefficient (Wildman–Crippen LogP) is 2.04. The third-order valence-electron chi connectivity index (χ3n) is 3.65. The molecule has 1 aliphatic rings. The summed E-state index contributed by atoms with van der Waals surface area (Å²) in [6, 6.07) is 0. The molecule has 1 aromatic rings. The SMILES string of the molecule is CC(=O)Nc1sc2c(c1C(=O)NCCC(=O)O)CCC(C)C2. The third kappa shape index (κ3) is 3.85. The zero-order valence-electron chi connectivity index (χ0n) is 12.7. The molecule has 3 N–H and O–H groups in total. The van der Waals surface area contributed by atoms with E-state index in [1.807, 2.05) is 0 Å². The van der Waals surface area contributed by atoms with Crippen LogP contribution < -0.4 is 10.6 Å². The number of rotatable bonds is 5. The normalized spacial score (nSPS) is 16.7. The number of aliphatic carboxylic acids is 1. The monoisotopic (exact) mass is 324 g/mol. The molecule has 0 bridgehead atoms. The summed E-state index contributed by atoms with van der Waals surface area (Å²) < 4.78 is 0.